The van der Waals surface area contributed by atoms with Crippen LogP contribution in [0.1, 0.15) is 36.7 Å². The smallest absolute Gasteiger partial charge is 0.326 e. The summed E-state index contributed by atoms with van der Waals surface area (Å²) in [7, 11) is 0. The van der Waals surface area contributed by atoms with Crippen molar-refractivity contribution in [2.24, 2.45) is 11.8 Å². The van der Waals surface area contributed by atoms with Gasteiger partial charge < -0.3 is 14.6 Å². The number of aromatic nitrogens is 1. The summed E-state index contributed by atoms with van der Waals surface area (Å²) in [4.78, 5) is 25.9. The first-order valence-corrected chi connectivity index (χ1v) is 7.80. The lowest BCUT2D eigenvalue weighted by Crippen LogP contribution is -2.43. The van der Waals surface area contributed by atoms with E-state index in [9.17, 15) is 14.7 Å². The molecular formula is C15H19ClN2O3. The van der Waals surface area contributed by atoms with E-state index in [2.05, 4.69) is 0 Å². The quantitative estimate of drug-likeness (QED) is 0.933. The van der Waals surface area contributed by atoms with Crippen LogP contribution in [-0.2, 0) is 11.3 Å². The molecule has 2 heterocycles. The van der Waals surface area contributed by atoms with Gasteiger partial charge in [0.1, 0.15) is 11.7 Å². The lowest BCUT2D eigenvalue weighted by molar-refractivity contribution is -0.142. The minimum Gasteiger partial charge on any atom is -0.480 e. The molecule has 6 heteroatoms. The van der Waals surface area contributed by atoms with Crippen LogP contribution in [0.15, 0.2) is 12.3 Å². The Morgan fingerprint density at radius 2 is 2.19 bits per heavy atom. The number of halogens is 1. The minimum absolute atomic E-state index is 0.104. The highest BCUT2D eigenvalue weighted by molar-refractivity contribution is 6.31. The van der Waals surface area contributed by atoms with Crippen LogP contribution in [0, 0.1) is 11.8 Å². The molecule has 1 saturated carbocycles. The monoisotopic (exact) mass is 310 g/mol. The van der Waals surface area contributed by atoms with E-state index >= 15 is 0 Å². The van der Waals surface area contributed by atoms with Gasteiger partial charge in [0, 0.05) is 19.3 Å². The lowest BCUT2D eigenvalue weighted by Gasteiger charge is -2.24. The Kier molecular flexibility index (Phi) is 3.69. The molecule has 0 aromatic carbocycles. The van der Waals surface area contributed by atoms with E-state index in [0.717, 1.165) is 19.3 Å². The van der Waals surface area contributed by atoms with Crippen molar-refractivity contribution in [1.82, 2.24) is 9.47 Å². The Morgan fingerprint density at radius 3 is 2.86 bits per heavy atom. The number of rotatable bonds is 3. The van der Waals surface area contributed by atoms with Crippen molar-refractivity contribution in [3.63, 3.8) is 0 Å². The van der Waals surface area contributed by atoms with Gasteiger partial charge in [0.2, 0.25) is 0 Å². The number of carboxylic acid groups (broad SMARTS) is 1. The van der Waals surface area contributed by atoms with Crippen molar-refractivity contribution in [3.05, 3.63) is 23.0 Å². The summed E-state index contributed by atoms with van der Waals surface area (Å²) in [6.07, 6.45) is 4.70. The second kappa shape index (κ2) is 5.37. The summed E-state index contributed by atoms with van der Waals surface area (Å²) in [6, 6.07) is 0.935. The SMILES string of the molecule is CCn1cc(Cl)cc1C(=O)N1CC2CCCC2C1C(=O)O. The molecule has 2 aliphatic rings. The molecule has 114 valence electrons. The molecule has 1 N–H and O–H groups in total. The number of hydrogen-bond donors (Lipinski definition) is 1. The molecule has 1 aliphatic heterocycles. The number of aryl methyl sites for hydroxylation is 1. The van der Waals surface area contributed by atoms with E-state index in [4.69, 9.17) is 11.6 Å². The molecule has 1 aliphatic carbocycles. The molecule has 3 rings (SSSR count). The fourth-order valence-electron chi connectivity index (χ4n) is 3.89. The Bertz CT molecular complexity index is 583. The van der Waals surface area contributed by atoms with Gasteiger partial charge in [-0.3, -0.25) is 4.79 Å². The van der Waals surface area contributed by atoms with E-state index in [1.54, 1.807) is 16.8 Å². The van der Waals surface area contributed by atoms with Gasteiger partial charge >= 0.3 is 5.97 Å². The van der Waals surface area contributed by atoms with Crippen LogP contribution in [0.25, 0.3) is 0 Å². The van der Waals surface area contributed by atoms with Crippen molar-refractivity contribution in [1.29, 1.82) is 0 Å². The first-order valence-electron chi connectivity index (χ1n) is 7.42. The Balaban J connectivity index is 1.91. The van der Waals surface area contributed by atoms with Crippen LogP contribution < -0.4 is 0 Å². The van der Waals surface area contributed by atoms with Gasteiger partial charge in [0.05, 0.1) is 5.02 Å². The summed E-state index contributed by atoms with van der Waals surface area (Å²) in [6.45, 7) is 3.11. The van der Waals surface area contributed by atoms with E-state index < -0.39 is 12.0 Å². The fourth-order valence-corrected chi connectivity index (χ4v) is 4.11. The van der Waals surface area contributed by atoms with Crippen molar-refractivity contribution >= 4 is 23.5 Å². The van der Waals surface area contributed by atoms with Gasteiger partial charge in [0.25, 0.3) is 5.91 Å². The molecule has 5 nitrogen and oxygen atoms in total. The predicted octanol–water partition coefficient (Wildman–Crippen LogP) is 2.49. The highest BCUT2D eigenvalue weighted by Gasteiger charge is 2.49. The van der Waals surface area contributed by atoms with Crippen LogP contribution in [-0.4, -0.2) is 39.0 Å². The average molecular weight is 311 g/mol. The van der Waals surface area contributed by atoms with Crippen LogP contribution in [0.2, 0.25) is 5.02 Å². The van der Waals surface area contributed by atoms with Gasteiger partial charge in [-0.25, -0.2) is 4.79 Å². The highest BCUT2D eigenvalue weighted by atomic mass is 35.5. The summed E-state index contributed by atoms with van der Waals surface area (Å²) in [5.74, 6) is -0.675. The standard InChI is InChI=1S/C15H19ClN2O3/c1-2-17-8-10(16)6-12(17)14(19)18-7-9-4-3-5-11(9)13(18)15(20)21/h6,8-9,11,13H,2-5,7H2,1H3,(H,20,21). The summed E-state index contributed by atoms with van der Waals surface area (Å²) in [5.41, 5.74) is 0.480. The van der Waals surface area contributed by atoms with E-state index in [0.29, 0.717) is 29.7 Å². The Morgan fingerprint density at radius 1 is 1.43 bits per heavy atom. The molecule has 1 aromatic heterocycles. The Labute approximate surface area is 128 Å². The predicted molar refractivity (Wildman–Crippen MR) is 78.4 cm³/mol. The molecule has 3 unspecified atom stereocenters. The Hall–Kier alpha value is -1.49. The third kappa shape index (κ3) is 2.33. The van der Waals surface area contributed by atoms with Crippen molar-refractivity contribution < 1.29 is 14.7 Å². The minimum atomic E-state index is -0.890. The zero-order chi connectivity index (χ0) is 15.1. The normalized spacial score (nSPS) is 27.9. The van der Waals surface area contributed by atoms with E-state index in [-0.39, 0.29) is 11.8 Å². The second-order valence-corrected chi connectivity index (χ2v) is 6.36. The maximum absolute atomic E-state index is 12.8. The highest BCUT2D eigenvalue weighted by Crippen LogP contribution is 2.42. The van der Waals surface area contributed by atoms with Crippen LogP contribution in [0.5, 0.6) is 0 Å². The molecule has 21 heavy (non-hydrogen) atoms. The molecular weight excluding hydrogens is 292 g/mol. The fraction of sp³-hybridized carbons (Fsp3) is 0.600. The maximum Gasteiger partial charge on any atom is 0.326 e. The van der Waals surface area contributed by atoms with Gasteiger partial charge in [-0.2, -0.15) is 0 Å². The first kappa shape index (κ1) is 14.4. The molecule has 0 bridgehead atoms. The van der Waals surface area contributed by atoms with Gasteiger partial charge in [-0.05, 0) is 37.7 Å². The number of hydrogen-bond acceptors (Lipinski definition) is 2. The summed E-state index contributed by atoms with van der Waals surface area (Å²) >= 11 is 5.98. The van der Waals surface area contributed by atoms with Crippen molar-refractivity contribution in [2.45, 2.75) is 38.8 Å². The topological polar surface area (TPSA) is 62.5 Å². The summed E-state index contributed by atoms with van der Waals surface area (Å²) in [5, 5.41) is 10.0. The van der Waals surface area contributed by atoms with Crippen LogP contribution in [0.3, 0.4) is 0 Å². The number of fused-ring (bicyclic) bond motifs is 1. The van der Waals surface area contributed by atoms with Crippen LogP contribution >= 0.6 is 11.6 Å². The number of amides is 1. The molecule has 1 amide bonds. The number of carbonyl (C=O) groups is 2. The molecule has 2 fully saturated rings. The zero-order valence-corrected chi connectivity index (χ0v) is 12.7. The average Bonchev–Trinajstić information content (AvgIpc) is 3.09. The number of nitrogens with zero attached hydrogens (tertiary/aromatic N) is 2. The van der Waals surface area contributed by atoms with E-state index in [1.807, 2.05) is 6.92 Å². The van der Waals surface area contributed by atoms with E-state index in [1.165, 1.54) is 4.90 Å². The van der Waals surface area contributed by atoms with Crippen molar-refractivity contribution in [2.75, 3.05) is 6.54 Å². The third-order valence-corrected chi connectivity index (χ3v) is 5.03. The summed E-state index contributed by atoms with van der Waals surface area (Å²) < 4.78 is 1.78. The lowest BCUT2D eigenvalue weighted by atomic mass is 9.94. The third-order valence-electron chi connectivity index (χ3n) is 4.83. The number of aliphatic carboxylic acids is 1. The number of carboxylic acids is 1. The first-order chi connectivity index (χ1) is 10.0. The largest absolute Gasteiger partial charge is 0.480 e. The molecule has 1 aromatic rings. The van der Waals surface area contributed by atoms with Gasteiger partial charge in [-0.15, -0.1) is 0 Å². The maximum atomic E-state index is 12.8. The molecule has 1 saturated heterocycles. The molecule has 0 radical (unpaired) electrons. The van der Waals surface area contributed by atoms with Crippen molar-refractivity contribution in [3.8, 4) is 0 Å². The molecule has 0 spiro atoms. The van der Waals surface area contributed by atoms with Gasteiger partial charge in [-0.1, -0.05) is 18.0 Å². The number of carbonyl (C=O) groups excluding carboxylic acids is 1. The second-order valence-electron chi connectivity index (χ2n) is 5.93. The zero-order valence-electron chi connectivity index (χ0n) is 12.0. The molecule has 3 atom stereocenters. The number of likely N-dealkylation sites (tertiary alicyclic amines) is 1. The van der Waals surface area contributed by atoms with Crippen LogP contribution in [0.4, 0.5) is 0 Å². The van der Waals surface area contributed by atoms with Gasteiger partial charge in [0.15, 0.2) is 0 Å².